The van der Waals surface area contributed by atoms with E-state index in [1.807, 2.05) is 6.92 Å². The number of thioether (sulfide) groups is 1. The minimum absolute atomic E-state index is 0.139. The highest BCUT2D eigenvalue weighted by atomic mass is 32.2. The Kier molecular flexibility index (Phi) is 6.80. The van der Waals surface area contributed by atoms with E-state index in [9.17, 15) is 22.8 Å². The zero-order valence-corrected chi connectivity index (χ0v) is 15.5. The number of carbonyl (C=O) groups is 2. The van der Waals surface area contributed by atoms with Crippen LogP contribution in [0.2, 0.25) is 0 Å². The van der Waals surface area contributed by atoms with Crippen molar-refractivity contribution in [1.29, 1.82) is 0 Å². The normalized spacial score (nSPS) is 17.5. The molecular weight excluding hydrogens is 367 g/mol. The SMILES string of the molecule is CCCNC(=O)N(C)CCN1C(=O)CSC1c1cccc(C(F)(F)F)c1. The highest BCUT2D eigenvalue weighted by Crippen LogP contribution is 2.40. The summed E-state index contributed by atoms with van der Waals surface area (Å²) in [6, 6.07) is 4.81. The number of nitrogens with one attached hydrogen (secondary N) is 1. The molecule has 1 aromatic rings. The zero-order chi connectivity index (χ0) is 19.3. The fraction of sp³-hybridized carbons (Fsp3) is 0.529. The van der Waals surface area contributed by atoms with Crippen molar-refractivity contribution in [3.05, 3.63) is 35.4 Å². The van der Waals surface area contributed by atoms with Crippen LogP contribution in [-0.2, 0) is 11.0 Å². The van der Waals surface area contributed by atoms with Gasteiger partial charge in [0.25, 0.3) is 0 Å². The molecule has 1 aromatic carbocycles. The van der Waals surface area contributed by atoms with Gasteiger partial charge in [0, 0.05) is 26.7 Å². The predicted molar refractivity (Wildman–Crippen MR) is 94.7 cm³/mol. The highest BCUT2D eigenvalue weighted by Gasteiger charge is 2.35. The van der Waals surface area contributed by atoms with Gasteiger partial charge in [0.05, 0.1) is 11.3 Å². The standard InChI is InChI=1S/C17H22F3N3O2S/c1-3-7-21-16(25)22(2)8-9-23-14(24)11-26-15(23)12-5-4-6-13(10-12)17(18,19)20/h4-6,10,15H,3,7-9,11H2,1-2H3,(H,21,25). The molecule has 0 aliphatic carbocycles. The van der Waals surface area contributed by atoms with E-state index in [1.165, 1.54) is 27.6 Å². The monoisotopic (exact) mass is 389 g/mol. The Bertz CT molecular complexity index is 654. The van der Waals surface area contributed by atoms with Crippen LogP contribution in [0.5, 0.6) is 0 Å². The molecule has 1 saturated heterocycles. The number of nitrogens with zero attached hydrogens (tertiary/aromatic N) is 2. The van der Waals surface area contributed by atoms with E-state index in [0.29, 0.717) is 18.7 Å². The summed E-state index contributed by atoms with van der Waals surface area (Å²) in [6.07, 6.45) is -3.61. The third kappa shape index (κ3) is 5.06. The molecule has 2 rings (SSSR count). The van der Waals surface area contributed by atoms with Crippen LogP contribution in [0.1, 0.15) is 29.8 Å². The van der Waals surface area contributed by atoms with Crippen molar-refractivity contribution < 1.29 is 22.8 Å². The number of rotatable bonds is 6. The van der Waals surface area contributed by atoms with Gasteiger partial charge in [0.1, 0.15) is 5.37 Å². The molecule has 0 radical (unpaired) electrons. The Labute approximate surface area is 154 Å². The van der Waals surface area contributed by atoms with Gasteiger partial charge in [-0.3, -0.25) is 4.79 Å². The van der Waals surface area contributed by atoms with Gasteiger partial charge in [-0.15, -0.1) is 11.8 Å². The van der Waals surface area contributed by atoms with Crippen molar-refractivity contribution in [1.82, 2.24) is 15.1 Å². The summed E-state index contributed by atoms with van der Waals surface area (Å²) in [7, 11) is 1.62. The molecule has 1 heterocycles. The summed E-state index contributed by atoms with van der Waals surface area (Å²) < 4.78 is 38.8. The van der Waals surface area contributed by atoms with Crippen molar-refractivity contribution in [2.75, 3.05) is 32.4 Å². The third-order valence-corrected chi connectivity index (χ3v) is 5.27. The molecule has 1 atom stereocenters. The maximum atomic E-state index is 12.9. The van der Waals surface area contributed by atoms with E-state index >= 15 is 0 Å². The smallest absolute Gasteiger partial charge is 0.338 e. The van der Waals surface area contributed by atoms with E-state index in [1.54, 1.807) is 13.1 Å². The molecule has 1 fully saturated rings. The summed E-state index contributed by atoms with van der Waals surface area (Å²) in [5, 5.41) is 2.26. The van der Waals surface area contributed by atoms with Crippen molar-refractivity contribution in [3.8, 4) is 0 Å². The molecule has 0 saturated carbocycles. The zero-order valence-electron chi connectivity index (χ0n) is 14.7. The van der Waals surface area contributed by atoms with Gasteiger partial charge in [-0.25, -0.2) is 4.79 Å². The largest absolute Gasteiger partial charge is 0.416 e. The molecule has 3 amide bonds. The number of hydrogen-bond donors (Lipinski definition) is 1. The summed E-state index contributed by atoms with van der Waals surface area (Å²) in [5.41, 5.74) is -0.292. The molecular formula is C17H22F3N3O2S. The topological polar surface area (TPSA) is 52.7 Å². The Morgan fingerprint density at radius 2 is 2.15 bits per heavy atom. The van der Waals surface area contributed by atoms with Crippen molar-refractivity contribution in [2.24, 2.45) is 0 Å². The van der Waals surface area contributed by atoms with Gasteiger partial charge in [-0.05, 0) is 24.1 Å². The van der Waals surface area contributed by atoms with Gasteiger partial charge < -0.3 is 15.1 Å². The second-order valence-electron chi connectivity index (χ2n) is 6.03. The van der Waals surface area contributed by atoms with Crippen LogP contribution in [0.3, 0.4) is 0 Å². The van der Waals surface area contributed by atoms with Gasteiger partial charge >= 0.3 is 12.2 Å². The first-order valence-electron chi connectivity index (χ1n) is 8.31. The number of amides is 3. The van der Waals surface area contributed by atoms with Crippen LogP contribution >= 0.6 is 11.8 Å². The first kappa shape index (κ1) is 20.4. The summed E-state index contributed by atoms with van der Waals surface area (Å²) >= 11 is 1.29. The molecule has 0 spiro atoms. The first-order valence-corrected chi connectivity index (χ1v) is 9.36. The second-order valence-corrected chi connectivity index (χ2v) is 7.10. The van der Waals surface area contributed by atoms with Crippen LogP contribution in [-0.4, -0.2) is 54.2 Å². The number of benzene rings is 1. The van der Waals surface area contributed by atoms with Crippen LogP contribution < -0.4 is 5.32 Å². The van der Waals surface area contributed by atoms with Crippen LogP contribution in [0.4, 0.5) is 18.0 Å². The fourth-order valence-corrected chi connectivity index (χ4v) is 3.78. The number of urea groups is 1. The summed E-state index contributed by atoms with van der Waals surface area (Å²) in [5.74, 6) is 0.0758. The fourth-order valence-electron chi connectivity index (χ4n) is 2.57. The maximum Gasteiger partial charge on any atom is 0.416 e. The van der Waals surface area contributed by atoms with E-state index in [4.69, 9.17) is 0 Å². The van der Waals surface area contributed by atoms with Crippen molar-refractivity contribution in [2.45, 2.75) is 24.9 Å². The molecule has 0 bridgehead atoms. The van der Waals surface area contributed by atoms with Gasteiger partial charge in [-0.2, -0.15) is 13.2 Å². The lowest BCUT2D eigenvalue weighted by Gasteiger charge is -2.27. The molecule has 1 aliphatic rings. The average molecular weight is 389 g/mol. The van der Waals surface area contributed by atoms with Gasteiger partial charge in [-0.1, -0.05) is 19.1 Å². The van der Waals surface area contributed by atoms with Crippen LogP contribution in [0, 0.1) is 0 Å². The molecule has 1 aliphatic heterocycles. The minimum Gasteiger partial charge on any atom is -0.338 e. The Balaban J connectivity index is 2.06. The van der Waals surface area contributed by atoms with Crippen molar-refractivity contribution in [3.63, 3.8) is 0 Å². The summed E-state index contributed by atoms with van der Waals surface area (Å²) in [4.78, 5) is 27.0. The molecule has 9 heteroatoms. The van der Waals surface area contributed by atoms with E-state index in [2.05, 4.69) is 5.32 Å². The lowest BCUT2D eigenvalue weighted by atomic mass is 10.1. The maximum absolute atomic E-state index is 12.9. The first-order chi connectivity index (χ1) is 12.2. The lowest BCUT2D eigenvalue weighted by molar-refractivity contribution is -0.137. The Morgan fingerprint density at radius 3 is 2.81 bits per heavy atom. The predicted octanol–water partition coefficient (Wildman–Crippen LogP) is 3.33. The molecule has 26 heavy (non-hydrogen) atoms. The van der Waals surface area contributed by atoms with Gasteiger partial charge in [0.15, 0.2) is 0 Å². The molecule has 1 unspecified atom stereocenters. The second kappa shape index (κ2) is 8.66. The minimum atomic E-state index is -4.42. The lowest BCUT2D eigenvalue weighted by Crippen LogP contribution is -2.42. The Hall–Kier alpha value is -1.90. The number of alkyl halides is 3. The van der Waals surface area contributed by atoms with E-state index in [0.717, 1.165) is 18.6 Å². The quantitative estimate of drug-likeness (QED) is 0.812. The molecule has 144 valence electrons. The molecule has 5 nitrogen and oxygen atoms in total. The summed E-state index contributed by atoms with van der Waals surface area (Å²) in [6.45, 7) is 3.08. The Morgan fingerprint density at radius 1 is 1.42 bits per heavy atom. The van der Waals surface area contributed by atoms with Crippen LogP contribution in [0.25, 0.3) is 0 Å². The number of halogens is 3. The third-order valence-electron chi connectivity index (χ3n) is 4.02. The van der Waals surface area contributed by atoms with Crippen molar-refractivity contribution >= 4 is 23.7 Å². The van der Waals surface area contributed by atoms with E-state index in [-0.39, 0.29) is 24.2 Å². The molecule has 0 aromatic heterocycles. The number of carbonyl (C=O) groups excluding carboxylic acids is 2. The van der Waals surface area contributed by atoms with Crippen LogP contribution in [0.15, 0.2) is 24.3 Å². The van der Waals surface area contributed by atoms with Gasteiger partial charge in [0.2, 0.25) is 5.91 Å². The number of likely N-dealkylation sites (N-methyl/N-ethyl adjacent to an activating group) is 1. The van der Waals surface area contributed by atoms with E-state index < -0.39 is 17.1 Å². The number of hydrogen-bond acceptors (Lipinski definition) is 3. The molecule has 1 N–H and O–H groups in total. The average Bonchev–Trinajstić information content (AvgIpc) is 2.97. The highest BCUT2D eigenvalue weighted by molar-refractivity contribution is 8.00.